The second kappa shape index (κ2) is 6.97. The molecule has 2 aromatic rings. The lowest BCUT2D eigenvalue weighted by atomic mass is 10.2. The molecule has 124 valence electrons. The Morgan fingerprint density at radius 2 is 2.13 bits per heavy atom. The van der Waals surface area contributed by atoms with Crippen LogP contribution in [0.1, 0.15) is 10.5 Å². The fourth-order valence-corrected chi connectivity index (χ4v) is 2.78. The van der Waals surface area contributed by atoms with Gasteiger partial charge in [-0.1, -0.05) is 0 Å². The number of morpholine rings is 1. The molecular formula is C16H23N5O2. The molecule has 1 aliphatic heterocycles. The number of aryl methyl sites for hydroxylation is 2. The molecule has 0 unspecified atom stereocenters. The average molecular weight is 317 g/mol. The van der Waals surface area contributed by atoms with E-state index in [1.807, 2.05) is 36.0 Å². The first kappa shape index (κ1) is 15.8. The number of hydrogen-bond acceptors (Lipinski definition) is 4. The van der Waals surface area contributed by atoms with Crippen LogP contribution in [-0.4, -0.2) is 64.5 Å². The van der Waals surface area contributed by atoms with Gasteiger partial charge >= 0.3 is 0 Å². The van der Waals surface area contributed by atoms with Crippen LogP contribution >= 0.6 is 0 Å². The topological polar surface area (TPSA) is 64.3 Å². The van der Waals surface area contributed by atoms with Gasteiger partial charge in [-0.15, -0.1) is 0 Å². The van der Waals surface area contributed by atoms with Crippen LogP contribution in [-0.2, 0) is 18.8 Å². The highest BCUT2D eigenvalue weighted by Crippen LogP contribution is 2.18. The molecule has 1 aliphatic rings. The molecule has 1 saturated heterocycles. The van der Waals surface area contributed by atoms with Gasteiger partial charge in [-0.3, -0.25) is 14.4 Å². The second-order valence-corrected chi connectivity index (χ2v) is 5.75. The Labute approximate surface area is 135 Å². The predicted molar refractivity (Wildman–Crippen MR) is 87.2 cm³/mol. The Hall–Kier alpha value is -2.12. The van der Waals surface area contributed by atoms with Crippen LogP contribution in [0.15, 0.2) is 24.4 Å². The summed E-state index contributed by atoms with van der Waals surface area (Å²) in [5.74, 6) is -0.0891. The van der Waals surface area contributed by atoms with Crippen LogP contribution in [0.25, 0.3) is 11.4 Å². The lowest BCUT2D eigenvalue weighted by molar-refractivity contribution is 0.0383. The van der Waals surface area contributed by atoms with E-state index in [9.17, 15) is 4.79 Å². The zero-order chi connectivity index (χ0) is 16.2. The zero-order valence-electron chi connectivity index (χ0n) is 13.7. The van der Waals surface area contributed by atoms with Gasteiger partial charge in [-0.2, -0.15) is 5.10 Å². The Bertz CT molecular complexity index is 670. The highest BCUT2D eigenvalue weighted by atomic mass is 16.5. The number of rotatable bonds is 5. The van der Waals surface area contributed by atoms with E-state index in [1.54, 1.807) is 11.7 Å². The molecule has 2 aromatic heterocycles. The van der Waals surface area contributed by atoms with Gasteiger partial charge in [0.25, 0.3) is 5.91 Å². The van der Waals surface area contributed by atoms with Crippen molar-refractivity contribution in [2.45, 2.75) is 0 Å². The second-order valence-electron chi connectivity index (χ2n) is 5.75. The molecule has 0 aromatic carbocycles. The normalized spacial score (nSPS) is 15.7. The fraction of sp³-hybridized carbons (Fsp3) is 0.500. The molecule has 0 aliphatic carbocycles. The summed E-state index contributed by atoms with van der Waals surface area (Å²) in [6.45, 7) is 4.88. The third-order valence-corrected chi connectivity index (χ3v) is 4.14. The van der Waals surface area contributed by atoms with Crippen molar-refractivity contribution >= 4 is 5.91 Å². The Balaban J connectivity index is 1.59. The summed E-state index contributed by atoms with van der Waals surface area (Å²) in [4.78, 5) is 14.6. The summed E-state index contributed by atoms with van der Waals surface area (Å²) in [7, 11) is 3.76. The van der Waals surface area contributed by atoms with Crippen molar-refractivity contribution in [3.63, 3.8) is 0 Å². The quantitative estimate of drug-likeness (QED) is 0.872. The predicted octanol–water partition coefficient (Wildman–Crippen LogP) is 0.488. The maximum absolute atomic E-state index is 12.4. The molecule has 0 radical (unpaired) electrons. The molecule has 1 amide bonds. The number of nitrogens with one attached hydrogen (secondary N) is 1. The van der Waals surface area contributed by atoms with Gasteiger partial charge in [0.1, 0.15) is 11.4 Å². The van der Waals surface area contributed by atoms with Gasteiger partial charge < -0.3 is 14.6 Å². The number of carbonyl (C=O) groups excluding carboxylic acids is 1. The largest absolute Gasteiger partial charge is 0.379 e. The molecule has 23 heavy (non-hydrogen) atoms. The molecule has 7 heteroatoms. The van der Waals surface area contributed by atoms with Crippen molar-refractivity contribution in [1.82, 2.24) is 24.6 Å². The van der Waals surface area contributed by atoms with E-state index < -0.39 is 0 Å². The standard InChI is InChI=1S/C16H23N5O2/c1-19-6-3-4-14(19)13-12-15(20(2)18-13)16(22)17-5-7-21-8-10-23-11-9-21/h3-4,6,12H,5,7-11H2,1-2H3,(H,17,22). The Morgan fingerprint density at radius 1 is 1.35 bits per heavy atom. The van der Waals surface area contributed by atoms with E-state index in [0.717, 1.165) is 44.2 Å². The van der Waals surface area contributed by atoms with Gasteiger partial charge in [-0.25, -0.2) is 0 Å². The van der Waals surface area contributed by atoms with E-state index in [0.29, 0.717) is 12.2 Å². The minimum Gasteiger partial charge on any atom is -0.379 e. The third-order valence-electron chi connectivity index (χ3n) is 4.14. The van der Waals surface area contributed by atoms with Crippen molar-refractivity contribution in [3.8, 4) is 11.4 Å². The summed E-state index contributed by atoms with van der Waals surface area (Å²) in [6.07, 6.45) is 1.96. The number of hydrogen-bond donors (Lipinski definition) is 1. The van der Waals surface area contributed by atoms with Crippen LogP contribution in [0.5, 0.6) is 0 Å². The lowest BCUT2D eigenvalue weighted by Crippen LogP contribution is -2.41. The number of nitrogens with zero attached hydrogens (tertiary/aromatic N) is 4. The molecule has 0 atom stereocenters. The van der Waals surface area contributed by atoms with E-state index in [4.69, 9.17) is 4.74 Å². The summed E-state index contributed by atoms with van der Waals surface area (Å²) in [5.41, 5.74) is 2.37. The highest BCUT2D eigenvalue weighted by Gasteiger charge is 2.16. The van der Waals surface area contributed by atoms with Crippen molar-refractivity contribution in [3.05, 3.63) is 30.1 Å². The van der Waals surface area contributed by atoms with Crippen molar-refractivity contribution in [2.24, 2.45) is 14.1 Å². The molecule has 0 spiro atoms. The maximum atomic E-state index is 12.4. The van der Waals surface area contributed by atoms with Crippen LogP contribution in [0.3, 0.4) is 0 Å². The van der Waals surface area contributed by atoms with Crippen molar-refractivity contribution in [1.29, 1.82) is 0 Å². The Morgan fingerprint density at radius 3 is 2.83 bits per heavy atom. The fourth-order valence-electron chi connectivity index (χ4n) is 2.78. The van der Waals surface area contributed by atoms with Crippen molar-refractivity contribution < 1.29 is 9.53 Å². The smallest absolute Gasteiger partial charge is 0.269 e. The van der Waals surface area contributed by atoms with Gasteiger partial charge in [0, 0.05) is 46.5 Å². The molecule has 1 N–H and O–H groups in total. The summed E-state index contributed by atoms with van der Waals surface area (Å²) in [6, 6.07) is 5.79. The van der Waals surface area contributed by atoms with E-state index in [2.05, 4.69) is 15.3 Å². The monoisotopic (exact) mass is 317 g/mol. The summed E-state index contributed by atoms with van der Waals surface area (Å²) < 4.78 is 8.94. The lowest BCUT2D eigenvalue weighted by Gasteiger charge is -2.26. The van der Waals surface area contributed by atoms with Gasteiger partial charge in [0.05, 0.1) is 18.9 Å². The van der Waals surface area contributed by atoms with Gasteiger partial charge in [0.2, 0.25) is 0 Å². The molecular weight excluding hydrogens is 294 g/mol. The van der Waals surface area contributed by atoms with Crippen LogP contribution < -0.4 is 5.32 Å². The number of aromatic nitrogens is 3. The zero-order valence-corrected chi connectivity index (χ0v) is 13.7. The van der Waals surface area contributed by atoms with Gasteiger partial charge in [-0.05, 0) is 18.2 Å². The first-order valence-electron chi connectivity index (χ1n) is 7.89. The molecule has 0 bridgehead atoms. The summed E-state index contributed by atoms with van der Waals surface area (Å²) >= 11 is 0. The summed E-state index contributed by atoms with van der Waals surface area (Å²) in [5, 5.41) is 7.41. The number of ether oxygens (including phenoxy) is 1. The van der Waals surface area contributed by atoms with Crippen molar-refractivity contribution in [2.75, 3.05) is 39.4 Å². The minimum atomic E-state index is -0.0891. The SMILES string of the molecule is Cn1cccc1-c1cc(C(=O)NCCN2CCOCC2)n(C)n1. The molecule has 3 rings (SSSR count). The van der Waals surface area contributed by atoms with Crippen LogP contribution in [0.2, 0.25) is 0 Å². The van der Waals surface area contributed by atoms with Gasteiger partial charge in [0.15, 0.2) is 0 Å². The average Bonchev–Trinajstić information content (AvgIpc) is 3.14. The number of carbonyl (C=O) groups is 1. The Kier molecular flexibility index (Phi) is 4.78. The molecule has 0 saturated carbocycles. The number of amides is 1. The first-order chi connectivity index (χ1) is 11.1. The van der Waals surface area contributed by atoms with Crippen LogP contribution in [0.4, 0.5) is 0 Å². The minimum absolute atomic E-state index is 0.0891. The molecule has 1 fully saturated rings. The van der Waals surface area contributed by atoms with E-state index >= 15 is 0 Å². The highest BCUT2D eigenvalue weighted by molar-refractivity contribution is 5.93. The first-order valence-corrected chi connectivity index (χ1v) is 7.89. The molecule has 3 heterocycles. The third kappa shape index (κ3) is 3.62. The molecule has 7 nitrogen and oxygen atoms in total. The van der Waals surface area contributed by atoms with E-state index in [1.165, 1.54) is 0 Å². The maximum Gasteiger partial charge on any atom is 0.269 e. The van der Waals surface area contributed by atoms with Crippen LogP contribution in [0, 0.1) is 0 Å². The van der Waals surface area contributed by atoms with E-state index in [-0.39, 0.29) is 5.91 Å².